The number of aliphatic hydroxyl groups is 1. The standard InChI is InChI=1S/C14H14F5NO2/c1-8(6-7-21)13(22)20-11(12(15)16)9-4-2-3-5-10(9)14(17,18)19/h2-5,11-12,21H,1,6-7H2,(H,20,22)/t11-/m1/s1. The zero-order valence-corrected chi connectivity index (χ0v) is 11.3. The fourth-order valence-electron chi connectivity index (χ4n) is 1.79. The minimum Gasteiger partial charge on any atom is -0.396 e. The molecule has 2 N–H and O–H groups in total. The molecule has 0 saturated heterocycles. The highest BCUT2D eigenvalue weighted by atomic mass is 19.4. The second-order valence-electron chi connectivity index (χ2n) is 4.45. The molecule has 1 aromatic carbocycles. The predicted octanol–water partition coefficient (Wildman–Crippen LogP) is 3.07. The third-order valence-electron chi connectivity index (χ3n) is 2.87. The van der Waals surface area contributed by atoms with Crippen molar-refractivity contribution in [3.63, 3.8) is 0 Å². The number of hydrogen-bond donors (Lipinski definition) is 2. The SMILES string of the molecule is C=C(CCO)C(=O)N[C@H](c1ccccc1C(F)(F)F)C(F)F. The molecule has 122 valence electrons. The molecular weight excluding hydrogens is 309 g/mol. The Balaban J connectivity index is 3.13. The van der Waals surface area contributed by atoms with Gasteiger partial charge in [0.1, 0.15) is 6.04 Å². The Morgan fingerprint density at radius 3 is 2.36 bits per heavy atom. The maximum atomic E-state index is 13.1. The van der Waals surface area contributed by atoms with Gasteiger partial charge in [-0.25, -0.2) is 8.78 Å². The third kappa shape index (κ3) is 4.52. The highest BCUT2D eigenvalue weighted by Gasteiger charge is 2.37. The molecule has 0 fully saturated rings. The summed E-state index contributed by atoms with van der Waals surface area (Å²) in [5, 5.41) is 10.5. The number of hydrogen-bond acceptors (Lipinski definition) is 2. The van der Waals surface area contributed by atoms with Crippen LogP contribution in [-0.2, 0) is 11.0 Å². The van der Waals surface area contributed by atoms with Crippen molar-refractivity contribution in [2.45, 2.75) is 25.1 Å². The number of carbonyl (C=O) groups excluding carboxylic acids is 1. The van der Waals surface area contributed by atoms with Gasteiger partial charge in [-0.1, -0.05) is 24.8 Å². The van der Waals surface area contributed by atoms with Gasteiger partial charge in [-0.05, 0) is 11.6 Å². The van der Waals surface area contributed by atoms with Gasteiger partial charge in [0.25, 0.3) is 6.43 Å². The molecule has 0 aliphatic heterocycles. The molecular formula is C14H14F5NO2. The minimum atomic E-state index is -4.82. The summed E-state index contributed by atoms with van der Waals surface area (Å²) in [4.78, 5) is 11.6. The lowest BCUT2D eigenvalue weighted by Gasteiger charge is -2.22. The molecule has 1 amide bonds. The van der Waals surface area contributed by atoms with Crippen molar-refractivity contribution >= 4 is 5.91 Å². The van der Waals surface area contributed by atoms with E-state index in [0.717, 1.165) is 12.1 Å². The van der Waals surface area contributed by atoms with Crippen molar-refractivity contribution in [2.24, 2.45) is 0 Å². The number of nitrogens with one attached hydrogen (secondary N) is 1. The average molecular weight is 323 g/mol. The molecule has 1 atom stereocenters. The number of aliphatic hydroxyl groups excluding tert-OH is 1. The van der Waals surface area contributed by atoms with Crippen molar-refractivity contribution in [2.75, 3.05) is 6.61 Å². The van der Waals surface area contributed by atoms with Gasteiger partial charge in [-0.15, -0.1) is 0 Å². The van der Waals surface area contributed by atoms with Crippen LogP contribution in [0.5, 0.6) is 0 Å². The van der Waals surface area contributed by atoms with E-state index in [-0.39, 0.29) is 12.0 Å². The molecule has 0 radical (unpaired) electrons. The normalized spacial score (nSPS) is 13.0. The van der Waals surface area contributed by atoms with Gasteiger partial charge in [-0.3, -0.25) is 4.79 Å². The zero-order valence-electron chi connectivity index (χ0n) is 11.3. The fourth-order valence-corrected chi connectivity index (χ4v) is 1.79. The van der Waals surface area contributed by atoms with Crippen LogP contribution in [0.3, 0.4) is 0 Å². The summed E-state index contributed by atoms with van der Waals surface area (Å²) in [6.07, 6.45) is -8.23. The molecule has 3 nitrogen and oxygen atoms in total. The van der Waals surface area contributed by atoms with E-state index >= 15 is 0 Å². The van der Waals surface area contributed by atoms with E-state index in [1.807, 2.05) is 5.32 Å². The Kier molecular flexibility index (Phi) is 6.04. The van der Waals surface area contributed by atoms with Crippen molar-refractivity contribution in [3.8, 4) is 0 Å². The summed E-state index contributed by atoms with van der Waals surface area (Å²) in [7, 11) is 0. The molecule has 0 aliphatic carbocycles. The zero-order chi connectivity index (χ0) is 16.9. The van der Waals surface area contributed by atoms with E-state index in [1.165, 1.54) is 6.07 Å². The molecule has 1 aromatic rings. The fraction of sp³-hybridized carbons (Fsp3) is 0.357. The lowest BCUT2D eigenvalue weighted by molar-refractivity contribution is -0.139. The summed E-state index contributed by atoms with van der Waals surface area (Å²) < 4.78 is 64.8. The Hall–Kier alpha value is -1.96. The van der Waals surface area contributed by atoms with Gasteiger partial charge in [-0.2, -0.15) is 13.2 Å². The van der Waals surface area contributed by atoms with Crippen LogP contribution < -0.4 is 5.32 Å². The lowest BCUT2D eigenvalue weighted by atomic mass is 9.99. The van der Waals surface area contributed by atoms with Crippen molar-refractivity contribution in [3.05, 3.63) is 47.5 Å². The molecule has 8 heteroatoms. The Labute approximate surface area is 123 Å². The topological polar surface area (TPSA) is 49.3 Å². The van der Waals surface area contributed by atoms with Gasteiger partial charge >= 0.3 is 6.18 Å². The van der Waals surface area contributed by atoms with E-state index in [4.69, 9.17) is 5.11 Å². The van der Waals surface area contributed by atoms with E-state index in [2.05, 4.69) is 6.58 Å². The summed E-state index contributed by atoms with van der Waals surface area (Å²) in [6.45, 7) is 2.86. The van der Waals surface area contributed by atoms with Crippen LogP contribution in [-0.4, -0.2) is 24.0 Å². The number of benzene rings is 1. The smallest absolute Gasteiger partial charge is 0.396 e. The van der Waals surface area contributed by atoms with Crippen LogP contribution in [0.1, 0.15) is 23.6 Å². The Morgan fingerprint density at radius 1 is 1.27 bits per heavy atom. The number of rotatable bonds is 6. The van der Waals surface area contributed by atoms with Crippen LogP contribution >= 0.6 is 0 Å². The summed E-state index contributed by atoms with van der Waals surface area (Å²) >= 11 is 0. The Morgan fingerprint density at radius 2 is 1.86 bits per heavy atom. The molecule has 0 aliphatic rings. The van der Waals surface area contributed by atoms with Gasteiger partial charge < -0.3 is 10.4 Å². The van der Waals surface area contributed by atoms with Crippen LogP contribution in [0, 0.1) is 0 Å². The predicted molar refractivity (Wildman–Crippen MR) is 69.2 cm³/mol. The minimum absolute atomic E-state index is 0.164. The molecule has 0 unspecified atom stereocenters. The summed E-state index contributed by atoms with van der Waals surface area (Å²) in [6, 6.07) is 1.67. The van der Waals surface area contributed by atoms with E-state index in [9.17, 15) is 26.7 Å². The molecule has 0 bridgehead atoms. The van der Waals surface area contributed by atoms with Crippen LogP contribution in [0.25, 0.3) is 0 Å². The first-order valence-corrected chi connectivity index (χ1v) is 6.22. The first kappa shape index (κ1) is 18.1. The van der Waals surface area contributed by atoms with E-state index < -0.39 is 42.3 Å². The second kappa shape index (κ2) is 7.35. The number of halogens is 5. The monoisotopic (exact) mass is 323 g/mol. The van der Waals surface area contributed by atoms with Crippen LogP contribution in [0.2, 0.25) is 0 Å². The highest BCUT2D eigenvalue weighted by molar-refractivity contribution is 5.93. The van der Waals surface area contributed by atoms with E-state index in [1.54, 1.807) is 0 Å². The largest absolute Gasteiger partial charge is 0.416 e. The van der Waals surface area contributed by atoms with Gasteiger partial charge in [0.2, 0.25) is 5.91 Å². The van der Waals surface area contributed by atoms with E-state index in [0.29, 0.717) is 6.07 Å². The maximum absolute atomic E-state index is 13.1. The van der Waals surface area contributed by atoms with Crippen molar-refractivity contribution in [1.82, 2.24) is 5.32 Å². The maximum Gasteiger partial charge on any atom is 0.416 e. The molecule has 0 spiro atoms. The molecule has 22 heavy (non-hydrogen) atoms. The second-order valence-corrected chi connectivity index (χ2v) is 4.45. The van der Waals surface area contributed by atoms with Crippen molar-refractivity contribution in [1.29, 1.82) is 0 Å². The first-order chi connectivity index (χ1) is 10.2. The Bertz CT molecular complexity index is 542. The summed E-state index contributed by atoms with van der Waals surface area (Å²) in [5.41, 5.74) is -2.17. The molecule has 0 aromatic heterocycles. The summed E-state index contributed by atoms with van der Waals surface area (Å²) in [5.74, 6) is -1.03. The van der Waals surface area contributed by atoms with Crippen molar-refractivity contribution < 1.29 is 31.9 Å². The lowest BCUT2D eigenvalue weighted by Crippen LogP contribution is -2.35. The number of amides is 1. The van der Waals surface area contributed by atoms with Crippen LogP contribution in [0.4, 0.5) is 22.0 Å². The third-order valence-corrected chi connectivity index (χ3v) is 2.87. The average Bonchev–Trinajstić information content (AvgIpc) is 2.43. The van der Waals surface area contributed by atoms with Gasteiger partial charge in [0.15, 0.2) is 0 Å². The van der Waals surface area contributed by atoms with Crippen LogP contribution in [0.15, 0.2) is 36.4 Å². The highest BCUT2D eigenvalue weighted by Crippen LogP contribution is 2.36. The van der Waals surface area contributed by atoms with Gasteiger partial charge in [0, 0.05) is 18.6 Å². The molecule has 1 rings (SSSR count). The first-order valence-electron chi connectivity index (χ1n) is 6.22. The number of alkyl halides is 5. The quantitative estimate of drug-likeness (QED) is 0.624. The molecule has 0 saturated carbocycles. The number of carbonyl (C=O) groups is 1. The van der Waals surface area contributed by atoms with Gasteiger partial charge in [0.05, 0.1) is 5.56 Å². The molecule has 0 heterocycles.